The van der Waals surface area contributed by atoms with Crippen molar-refractivity contribution in [1.82, 2.24) is 39.7 Å². The molecule has 13 nitrogen and oxygen atoms in total. The number of thioether (sulfide) groups is 1. The van der Waals surface area contributed by atoms with Crippen molar-refractivity contribution in [1.29, 1.82) is 0 Å². The van der Waals surface area contributed by atoms with Gasteiger partial charge in [-0.25, -0.2) is 9.97 Å². The minimum atomic E-state index is 0.0760. The maximum atomic E-state index is 12.7. The lowest BCUT2D eigenvalue weighted by atomic mass is 10.1. The second-order valence-corrected chi connectivity index (χ2v) is 15.5. The molecule has 14 heteroatoms. The minimum Gasteiger partial charge on any atom is -0.494 e. The summed E-state index contributed by atoms with van der Waals surface area (Å²) in [6.07, 6.45) is 0.482. The zero-order valence-electron chi connectivity index (χ0n) is 31.4. The number of aromatic nitrogens is 6. The van der Waals surface area contributed by atoms with E-state index in [4.69, 9.17) is 14.5 Å². The zero-order valence-corrected chi connectivity index (χ0v) is 32.2. The zero-order chi connectivity index (χ0) is 38.7. The third-order valence-electron chi connectivity index (χ3n) is 10.6. The molecule has 6 N–H and O–H groups in total. The number of ether oxygens (including phenoxy) is 2. The molecule has 0 spiro atoms. The number of para-hydroxylation sites is 2. The first-order valence-corrected chi connectivity index (χ1v) is 20.3. The largest absolute Gasteiger partial charge is 0.494 e. The average molecular weight is 785 g/mol. The molecule has 0 aliphatic carbocycles. The van der Waals surface area contributed by atoms with E-state index >= 15 is 0 Å². The Morgan fingerprint density at radius 1 is 0.632 bits per heavy atom. The van der Waals surface area contributed by atoms with Gasteiger partial charge in [0.25, 0.3) is 0 Å². The molecule has 2 fully saturated rings. The van der Waals surface area contributed by atoms with Gasteiger partial charge in [0.15, 0.2) is 5.78 Å². The van der Waals surface area contributed by atoms with E-state index in [1.54, 1.807) is 0 Å². The van der Waals surface area contributed by atoms with E-state index in [2.05, 4.69) is 46.9 Å². The number of hydrogen-bond acceptors (Lipinski definition) is 10. The minimum absolute atomic E-state index is 0.0760. The summed E-state index contributed by atoms with van der Waals surface area (Å²) in [5.41, 5.74) is 7.19. The van der Waals surface area contributed by atoms with Crippen molar-refractivity contribution < 1.29 is 24.5 Å². The predicted octanol–water partition coefficient (Wildman–Crippen LogP) is 7.16. The topological polar surface area (TPSA) is 171 Å². The Balaban J connectivity index is 0.000000148. The van der Waals surface area contributed by atoms with Gasteiger partial charge in [-0.1, -0.05) is 36.4 Å². The smallest absolute Gasteiger partial charge is 0.200 e. The van der Waals surface area contributed by atoms with Gasteiger partial charge in [-0.2, -0.15) is 0 Å². The van der Waals surface area contributed by atoms with Crippen LogP contribution in [-0.4, -0.2) is 127 Å². The van der Waals surface area contributed by atoms with E-state index in [1.165, 1.54) is 4.90 Å². The van der Waals surface area contributed by atoms with E-state index in [1.807, 2.05) is 84.6 Å². The Hall–Kier alpha value is -5.64. The third kappa shape index (κ3) is 8.00. The van der Waals surface area contributed by atoms with Crippen molar-refractivity contribution in [3.8, 4) is 34.5 Å². The van der Waals surface area contributed by atoms with Crippen molar-refractivity contribution in [2.24, 2.45) is 0 Å². The highest BCUT2D eigenvalue weighted by Crippen LogP contribution is 2.37. The first kappa shape index (κ1) is 37.0. The van der Waals surface area contributed by atoms with Gasteiger partial charge in [0.05, 0.1) is 59.6 Å². The number of nitrogens with zero attached hydrogens (tertiary/aromatic N) is 4. The van der Waals surface area contributed by atoms with E-state index < -0.39 is 0 Å². The summed E-state index contributed by atoms with van der Waals surface area (Å²) in [5, 5.41) is 22.6. The number of carbonyl (C=O) groups excluding carboxylic acids is 1. The molecule has 10 rings (SSSR count). The van der Waals surface area contributed by atoms with Crippen molar-refractivity contribution >= 4 is 61.4 Å². The molecular weight excluding hydrogens is 741 g/mol. The van der Waals surface area contributed by atoms with Crippen LogP contribution in [0.3, 0.4) is 0 Å². The lowest BCUT2D eigenvalue weighted by Crippen LogP contribution is -2.37. The van der Waals surface area contributed by atoms with Crippen LogP contribution in [0, 0.1) is 0 Å². The normalized spacial score (nSPS) is 15.4. The molecule has 57 heavy (non-hydrogen) atoms. The summed E-state index contributed by atoms with van der Waals surface area (Å²) in [6, 6.07) is 27.3. The molecule has 0 unspecified atom stereocenters. The lowest BCUT2D eigenvalue weighted by molar-refractivity contribution is 0.0370. The molecule has 2 aliphatic heterocycles. The Bertz CT molecular complexity index is 2670. The number of aromatic amines is 4. The Kier molecular flexibility index (Phi) is 10.7. The van der Waals surface area contributed by atoms with Crippen molar-refractivity contribution in [3.63, 3.8) is 0 Å². The SMILES string of the molecule is O=C(CCN1CCOCC1)c1ccc2nc(-c3c(O)[nH]c4ccccc34)[nH]c2c1.Oc1[nH]c2ccccc2c1-c1nc2ccc(SCCN3CCOCC3)cc2[nH]1. The molecule has 0 atom stereocenters. The maximum absolute atomic E-state index is 12.7. The standard InChI is InChI=1S/C22H22N4O3.C21H22N4O2S/c27-19(7-8-26-9-11-29-12-10-26)14-5-6-17-18(13-14)24-21(23-17)20-15-3-1-2-4-16(15)25-22(20)28;26-21-19(15-3-1-2-4-16(15)24-21)20-22-17-6-5-14(13-18(17)23-20)28-12-9-25-7-10-27-11-8-25/h1-6,13,25,28H,7-12H2,(H,23,24);1-6,13,24,26H,7-12H2,(H,22,23). The monoisotopic (exact) mass is 784 g/mol. The van der Waals surface area contributed by atoms with Crippen LogP contribution in [0.4, 0.5) is 0 Å². The molecular formula is C43H44N8O5S. The fraction of sp³-hybridized carbons (Fsp3) is 0.279. The molecule has 2 aliphatic rings. The van der Waals surface area contributed by atoms with Crippen LogP contribution < -0.4 is 0 Å². The molecule has 2 saturated heterocycles. The van der Waals surface area contributed by atoms with Gasteiger partial charge in [0.2, 0.25) is 11.8 Å². The molecule has 0 saturated carbocycles. The summed E-state index contributed by atoms with van der Waals surface area (Å²) >= 11 is 1.86. The summed E-state index contributed by atoms with van der Waals surface area (Å²) < 4.78 is 10.8. The van der Waals surface area contributed by atoms with Gasteiger partial charge in [0, 0.05) is 83.7 Å². The van der Waals surface area contributed by atoms with Crippen LogP contribution in [-0.2, 0) is 9.47 Å². The van der Waals surface area contributed by atoms with E-state index in [0.29, 0.717) is 34.8 Å². The number of imidazole rings is 2. The van der Waals surface area contributed by atoms with E-state index in [9.17, 15) is 15.0 Å². The van der Waals surface area contributed by atoms with Gasteiger partial charge in [-0.05, 0) is 48.5 Å². The highest BCUT2D eigenvalue weighted by atomic mass is 32.2. The van der Waals surface area contributed by atoms with Gasteiger partial charge >= 0.3 is 0 Å². The second-order valence-electron chi connectivity index (χ2n) is 14.3. The number of Topliss-reactive ketones (excluding diaryl/α,β-unsaturated/α-hetero) is 1. The number of rotatable bonds is 10. The van der Waals surface area contributed by atoms with Gasteiger partial charge in [-0.15, -0.1) is 11.8 Å². The van der Waals surface area contributed by atoms with Crippen LogP contribution in [0.2, 0.25) is 0 Å². The van der Waals surface area contributed by atoms with Crippen molar-refractivity contribution in [2.45, 2.75) is 11.3 Å². The molecule has 4 aromatic carbocycles. The number of morpholine rings is 2. The van der Waals surface area contributed by atoms with Crippen LogP contribution >= 0.6 is 11.8 Å². The highest BCUT2D eigenvalue weighted by molar-refractivity contribution is 7.99. The van der Waals surface area contributed by atoms with Gasteiger partial charge < -0.3 is 39.6 Å². The predicted molar refractivity (Wildman–Crippen MR) is 224 cm³/mol. The number of ketones is 1. The quantitative estimate of drug-likeness (QED) is 0.0618. The summed E-state index contributed by atoms with van der Waals surface area (Å²) in [6.45, 7) is 8.78. The fourth-order valence-corrected chi connectivity index (χ4v) is 8.53. The summed E-state index contributed by atoms with van der Waals surface area (Å²) in [4.78, 5) is 40.5. The lowest BCUT2D eigenvalue weighted by Gasteiger charge is -2.26. The Labute approximate surface area is 332 Å². The first-order valence-electron chi connectivity index (χ1n) is 19.3. The molecule has 8 aromatic rings. The van der Waals surface area contributed by atoms with E-state index in [-0.39, 0.29) is 17.5 Å². The fourth-order valence-electron chi connectivity index (χ4n) is 7.58. The van der Waals surface area contributed by atoms with Gasteiger partial charge in [0.1, 0.15) is 11.6 Å². The van der Waals surface area contributed by atoms with Crippen molar-refractivity contribution in [2.75, 3.05) is 71.4 Å². The van der Waals surface area contributed by atoms with Gasteiger partial charge in [-0.3, -0.25) is 14.6 Å². The molecule has 0 amide bonds. The molecule has 0 radical (unpaired) electrons. The molecule has 4 aromatic heterocycles. The van der Waals surface area contributed by atoms with Crippen molar-refractivity contribution in [3.05, 3.63) is 90.5 Å². The van der Waals surface area contributed by atoms with E-state index in [0.717, 1.165) is 115 Å². The number of nitrogens with one attached hydrogen (secondary N) is 4. The summed E-state index contributed by atoms with van der Waals surface area (Å²) in [5.74, 6) is 2.64. The first-order chi connectivity index (χ1) is 28.0. The second kappa shape index (κ2) is 16.5. The number of aromatic hydroxyl groups is 2. The number of H-pyrrole nitrogens is 4. The van der Waals surface area contributed by atoms with Crippen LogP contribution in [0.25, 0.3) is 66.6 Å². The average Bonchev–Trinajstić information content (AvgIpc) is 4.01. The highest BCUT2D eigenvalue weighted by Gasteiger charge is 2.19. The number of carbonyl (C=O) groups is 1. The van der Waals surface area contributed by atoms with Crippen LogP contribution in [0.15, 0.2) is 89.8 Å². The third-order valence-corrected chi connectivity index (χ3v) is 11.6. The van der Waals surface area contributed by atoms with Crippen LogP contribution in [0.5, 0.6) is 11.8 Å². The summed E-state index contributed by atoms with van der Waals surface area (Å²) in [7, 11) is 0. The maximum Gasteiger partial charge on any atom is 0.200 e. The van der Waals surface area contributed by atoms with Crippen LogP contribution in [0.1, 0.15) is 16.8 Å². The molecule has 6 heterocycles. The Morgan fingerprint density at radius 3 is 1.75 bits per heavy atom. The number of benzene rings is 4. The molecule has 0 bridgehead atoms. The number of hydrogen-bond donors (Lipinski definition) is 6. The Morgan fingerprint density at radius 2 is 1.16 bits per heavy atom. The molecule has 292 valence electrons. The number of fused-ring (bicyclic) bond motifs is 4.